The molecule has 0 nitrogen and oxygen atoms in total. The van der Waals surface area contributed by atoms with Crippen molar-refractivity contribution in [3.63, 3.8) is 0 Å². The Hall–Kier alpha value is -1.21. The Labute approximate surface area is 205 Å². The van der Waals surface area contributed by atoms with E-state index in [1.54, 1.807) is 0 Å². The van der Waals surface area contributed by atoms with Crippen LogP contribution in [-0.4, -0.2) is 32.3 Å². The lowest BCUT2D eigenvalue weighted by Gasteiger charge is -2.67. The summed E-state index contributed by atoms with van der Waals surface area (Å²) in [6, 6.07) is 0. The zero-order valence-electron chi connectivity index (χ0n) is 22.4. The van der Waals surface area contributed by atoms with Crippen LogP contribution in [0.3, 0.4) is 0 Å². The second-order valence-corrected chi connectivity index (χ2v) is 28.4. The first-order chi connectivity index (χ1) is 14.5. The molecule has 0 amide bonds. The van der Waals surface area contributed by atoms with Gasteiger partial charge in [0, 0.05) is 0 Å². The van der Waals surface area contributed by atoms with Crippen molar-refractivity contribution in [2.75, 3.05) is 0 Å². The summed E-state index contributed by atoms with van der Waals surface area (Å²) in [4.78, 5) is 0. The van der Waals surface area contributed by atoms with Gasteiger partial charge in [-0.3, -0.25) is 0 Å². The van der Waals surface area contributed by atoms with Gasteiger partial charge in [-0.25, -0.2) is 0 Å². The Morgan fingerprint density at radius 3 is 0.781 bits per heavy atom. The van der Waals surface area contributed by atoms with E-state index >= 15 is 0 Å². The lowest BCUT2D eigenvalue weighted by molar-refractivity contribution is 0.373. The monoisotopic (exact) mass is 498 g/mol. The van der Waals surface area contributed by atoms with E-state index in [-0.39, 0.29) is 10.1 Å². The van der Waals surface area contributed by atoms with Gasteiger partial charge in [0.05, 0.1) is 0 Å². The predicted octanol–water partition coefficient (Wildman–Crippen LogP) is 9.40. The van der Waals surface area contributed by atoms with Crippen LogP contribution in [0.25, 0.3) is 0 Å². The summed E-state index contributed by atoms with van der Waals surface area (Å²) >= 11 is 0. The number of rotatable bonds is 15. The largest absolute Gasteiger partial charge is 0.107 e. The highest BCUT2D eigenvalue weighted by Crippen LogP contribution is 2.76. The van der Waals surface area contributed by atoms with Crippen LogP contribution in [0.1, 0.15) is 27.7 Å². The van der Waals surface area contributed by atoms with Crippen molar-refractivity contribution in [3.05, 3.63) is 98.2 Å². The molecule has 0 spiro atoms. The molecule has 0 saturated heterocycles. The first-order valence-corrected chi connectivity index (χ1v) is 22.4. The standard InChI is InChI=1S/C28H50Si4/c1-17-29(13,18-2)25(9)27(11,31(15,21-5)22-6)28(12,32(16,23-7)24-8)26(10)30(14,19-3)20-4/h17-26H,1-8H2,9-16H3. The molecule has 0 radical (unpaired) electrons. The minimum absolute atomic E-state index is 0.101. The van der Waals surface area contributed by atoms with E-state index in [2.05, 4.69) is 152 Å². The fourth-order valence-electron chi connectivity index (χ4n) is 6.08. The first-order valence-electron chi connectivity index (χ1n) is 11.6. The van der Waals surface area contributed by atoms with Gasteiger partial charge in [-0.05, 0) is 21.2 Å². The van der Waals surface area contributed by atoms with Gasteiger partial charge < -0.3 is 0 Å². The summed E-state index contributed by atoms with van der Waals surface area (Å²) in [7, 11) is -8.55. The SMILES string of the molecule is C=C[Si](C)(C=C)C(C)C(C)(C(C)(C(C)[Si](C)(C=C)C=C)[Si](C)(C=C)C=C)[Si](C)(C=C)C=C. The Morgan fingerprint density at radius 1 is 0.469 bits per heavy atom. The molecule has 0 heterocycles. The molecule has 0 aromatic heterocycles. The molecule has 0 aromatic carbocycles. The highest BCUT2D eigenvalue weighted by molar-refractivity contribution is 7.01. The van der Waals surface area contributed by atoms with E-state index in [9.17, 15) is 0 Å². The summed E-state index contributed by atoms with van der Waals surface area (Å²) in [5.74, 6) is 0. The van der Waals surface area contributed by atoms with E-state index < -0.39 is 32.3 Å². The van der Waals surface area contributed by atoms with Crippen LogP contribution in [0.5, 0.6) is 0 Å². The van der Waals surface area contributed by atoms with Gasteiger partial charge in [0.15, 0.2) is 0 Å². The number of hydrogen-bond donors (Lipinski definition) is 0. The maximum atomic E-state index is 4.38. The summed E-state index contributed by atoms with van der Waals surface area (Å²) in [5, 5.41) is -0.203. The summed E-state index contributed by atoms with van der Waals surface area (Å²) < 4.78 is 0. The molecule has 0 aliphatic heterocycles. The van der Waals surface area contributed by atoms with Gasteiger partial charge in [-0.1, -0.05) is 99.5 Å². The van der Waals surface area contributed by atoms with E-state index in [1.807, 2.05) is 0 Å². The smallest absolute Gasteiger partial charge is 0.104 e. The average molecular weight is 499 g/mol. The van der Waals surface area contributed by atoms with Gasteiger partial charge in [-0.15, -0.1) is 52.6 Å². The molecule has 178 valence electrons. The zero-order valence-corrected chi connectivity index (χ0v) is 26.4. The number of hydrogen-bond acceptors (Lipinski definition) is 0. The second-order valence-electron chi connectivity index (χ2n) is 10.8. The molecule has 0 bridgehead atoms. The Morgan fingerprint density at radius 2 is 0.656 bits per heavy atom. The van der Waals surface area contributed by atoms with Crippen molar-refractivity contribution < 1.29 is 0 Å². The van der Waals surface area contributed by atoms with E-state index in [4.69, 9.17) is 0 Å². The molecule has 0 saturated carbocycles. The van der Waals surface area contributed by atoms with Crippen LogP contribution >= 0.6 is 0 Å². The lowest BCUT2D eigenvalue weighted by Crippen LogP contribution is -2.64. The molecule has 4 atom stereocenters. The second kappa shape index (κ2) is 10.4. The van der Waals surface area contributed by atoms with Gasteiger partial charge >= 0.3 is 0 Å². The minimum Gasteiger partial charge on any atom is -0.107 e. The molecule has 0 N–H and O–H groups in total. The van der Waals surface area contributed by atoms with Crippen molar-refractivity contribution in [3.8, 4) is 0 Å². The van der Waals surface area contributed by atoms with Gasteiger partial charge in [0.25, 0.3) is 0 Å². The van der Waals surface area contributed by atoms with E-state index in [1.165, 1.54) is 0 Å². The fourth-order valence-corrected chi connectivity index (χ4v) is 23.1. The molecular weight excluding hydrogens is 449 g/mol. The molecule has 4 heteroatoms. The molecular formula is C28H50Si4. The van der Waals surface area contributed by atoms with Crippen molar-refractivity contribution >= 4 is 32.3 Å². The third kappa shape index (κ3) is 4.08. The van der Waals surface area contributed by atoms with Crippen molar-refractivity contribution in [2.24, 2.45) is 0 Å². The topological polar surface area (TPSA) is 0 Å². The summed E-state index contributed by atoms with van der Waals surface area (Å²) in [6.45, 7) is 54.2. The zero-order chi connectivity index (χ0) is 25.8. The maximum absolute atomic E-state index is 4.38. The first kappa shape index (κ1) is 30.8. The molecule has 0 rings (SSSR count). The van der Waals surface area contributed by atoms with Crippen LogP contribution < -0.4 is 0 Å². The maximum Gasteiger partial charge on any atom is 0.104 e. The molecule has 0 aliphatic carbocycles. The van der Waals surface area contributed by atoms with Crippen LogP contribution in [0.2, 0.25) is 47.3 Å². The Kier molecular flexibility index (Phi) is 9.98. The average Bonchev–Trinajstić information content (AvgIpc) is 2.84. The highest BCUT2D eigenvalue weighted by atomic mass is 28.3. The minimum atomic E-state index is -2.24. The molecule has 4 unspecified atom stereocenters. The normalized spacial score (nSPS) is 18.6. The molecule has 32 heavy (non-hydrogen) atoms. The molecule has 0 aliphatic rings. The third-order valence-electron chi connectivity index (χ3n) is 10.4. The third-order valence-corrected chi connectivity index (χ3v) is 29.4. The Bertz CT molecular complexity index is 693. The van der Waals surface area contributed by atoms with E-state index in [0.29, 0.717) is 11.1 Å². The van der Waals surface area contributed by atoms with Crippen molar-refractivity contribution in [2.45, 2.75) is 75.0 Å². The predicted molar refractivity (Wildman–Crippen MR) is 164 cm³/mol. The van der Waals surface area contributed by atoms with Crippen molar-refractivity contribution in [1.82, 2.24) is 0 Å². The molecule has 0 fully saturated rings. The lowest BCUT2D eigenvalue weighted by atomic mass is 9.87. The van der Waals surface area contributed by atoms with Gasteiger partial charge in [0.2, 0.25) is 0 Å². The summed E-state index contributed by atoms with van der Waals surface area (Å²) in [5.41, 5.74) is 18.5. The Balaban J connectivity index is 8.12. The van der Waals surface area contributed by atoms with E-state index in [0.717, 1.165) is 0 Å². The molecule has 0 aromatic rings. The van der Waals surface area contributed by atoms with Crippen LogP contribution in [-0.2, 0) is 0 Å². The van der Waals surface area contributed by atoms with Gasteiger partial charge in [-0.2, -0.15) is 0 Å². The van der Waals surface area contributed by atoms with Gasteiger partial charge in [0.1, 0.15) is 32.3 Å². The van der Waals surface area contributed by atoms with Crippen LogP contribution in [0.4, 0.5) is 0 Å². The van der Waals surface area contributed by atoms with Crippen LogP contribution in [0.15, 0.2) is 98.2 Å². The van der Waals surface area contributed by atoms with Crippen molar-refractivity contribution in [1.29, 1.82) is 0 Å². The summed E-state index contributed by atoms with van der Waals surface area (Å²) in [6.07, 6.45) is 0. The fraction of sp³-hybridized carbons (Fsp3) is 0.429. The highest BCUT2D eigenvalue weighted by Gasteiger charge is 2.68. The van der Waals surface area contributed by atoms with Crippen LogP contribution in [0, 0.1) is 0 Å². The quantitative estimate of drug-likeness (QED) is 0.197.